The molecule has 1 amide bonds. The number of carbonyl (C=O) groups is 2. The monoisotopic (exact) mass is 427 g/mol. The zero-order valence-corrected chi connectivity index (χ0v) is 18.2. The highest BCUT2D eigenvalue weighted by molar-refractivity contribution is 5.95. The quantitative estimate of drug-likeness (QED) is 0.577. The number of hydrogen-bond donors (Lipinski definition) is 0. The molecule has 1 unspecified atom stereocenters. The van der Waals surface area contributed by atoms with E-state index in [9.17, 15) is 18.4 Å². The van der Waals surface area contributed by atoms with Gasteiger partial charge in [0.1, 0.15) is 0 Å². The number of ether oxygens (including phenoxy) is 1. The molecule has 164 valence electrons. The average molecular weight is 427 g/mol. The molecule has 0 bridgehead atoms. The van der Waals surface area contributed by atoms with Gasteiger partial charge in [-0.1, -0.05) is 44.2 Å². The van der Waals surface area contributed by atoms with Crippen LogP contribution in [0.5, 0.6) is 0 Å². The molecular weight excluding hydrogens is 400 g/mol. The summed E-state index contributed by atoms with van der Waals surface area (Å²) >= 11 is 0. The maximum absolute atomic E-state index is 13.6. The summed E-state index contributed by atoms with van der Waals surface area (Å²) in [6.45, 7) is 7.88. The molecule has 0 aromatic heterocycles. The predicted octanol–water partition coefficient (Wildman–Crippen LogP) is 5.44. The third kappa shape index (κ3) is 4.84. The summed E-state index contributed by atoms with van der Waals surface area (Å²) in [5, 5.41) is 0. The van der Waals surface area contributed by atoms with Crippen molar-refractivity contribution in [1.82, 2.24) is 4.90 Å². The first-order valence-corrected chi connectivity index (χ1v) is 10.4. The average Bonchev–Trinajstić information content (AvgIpc) is 2.73. The zero-order chi connectivity index (χ0) is 22.7. The van der Waals surface area contributed by atoms with Crippen molar-refractivity contribution in [2.45, 2.75) is 52.5 Å². The van der Waals surface area contributed by atoms with Gasteiger partial charge in [-0.15, -0.1) is 0 Å². The van der Waals surface area contributed by atoms with E-state index in [4.69, 9.17) is 4.74 Å². The van der Waals surface area contributed by atoms with E-state index in [2.05, 4.69) is 13.8 Å². The second kappa shape index (κ2) is 9.41. The molecule has 1 heterocycles. The lowest BCUT2D eigenvalue weighted by molar-refractivity contribution is -0.140. The Labute approximate surface area is 181 Å². The van der Waals surface area contributed by atoms with Crippen LogP contribution in [0.4, 0.5) is 8.78 Å². The Morgan fingerprint density at radius 2 is 1.81 bits per heavy atom. The molecule has 1 aliphatic heterocycles. The van der Waals surface area contributed by atoms with E-state index in [1.54, 1.807) is 13.8 Å². The van der Waals surface area contributed by atoms with Crippen LogP contribution in [-0.4, -0.2) is 23.4 Å². The van der Waals surface area contributed by atoms with Crippen LogP contribution >= 0.6 is 0 Å². The second-order valence-corrected chi connectivity index (χ2v) is 8.03. The van der Waals surface area contributed by atoms with E-state index in [0.29, 0.717) is 22.8 Å². The third-order valence-corrected chi connectivity index (χ3v) is 5.65. The summed E-state index contributed by atoms with van der Waals surface area (Å²) in [5.74, 6) is -2.63. The predicted molar refractivity (Wildman–Crippen MR) is 114 cm³/mol. The van der Waals surface area contributed by atoms with E-state index in [1.807, 2.05) is 24.3 Å². The normalized spacial score (nSPS) is 16.8. The lowest BCUT2D eigenvalue weighted by atomic mass is 9.83. The third-order valence-electron chi connectivity index (χ3n) is 5.65. The fraction of sp³-hybridized carbons (Fsp3) is 0.360. The Morgan fingerprint density at radius 3 is 2.39 bits per heavy atom. The molecule has 0 saturated heterocycles. The van der Waals surface area contributed by atoms with Crippen molar-refractivity contribution in [3.63, 3.8) is 0 Å². The Balaban J connectivity index is 2.00. The number of carbonyl (C=O) groups excluding carboxylic acids is 2. The van der Waals surface area contributed by atoms with Crippen LogP contribution in [0.25, 0.3) is 0 Å². The van der Waals surface area contributed by atoms with Crippen molar-refractivity contribution >= 4 is 11.9 Å². The van der Waals surface area contributed by atoms with Crippen LogP contribution in [0.1, 0.15) is 62.6 Å². The number of benzene rings is 2. The van der Waals surface area contributed by atoms with Crippen LogP contribution in [-0.2, 0) is 20.9 Å². The first-order chi connectivity index (χ1) is 14.7. The van der Waals surface area contributed by atoms with E-state index in [1.165, 1.54) is 16.5 Å². The van der Waals surface area contributed by atoms with Crippen LogP contribution in [0.3, 0.4) is 0 Å². The van der Waals surface area contributed by atoms with Gasteiger partial charge in [0.15, 0.2) is 11.6 Å². The number of esters is 1. The molecule has 2 aromatic rings. The molecule has 6 heteroatoms. The van der Waals surface area contributed by atoms with Gasteiger partial charge < -0.3 is 9.64 Å². The lowest BCUT2D eigenvalue weighted by Gasteiger charge is -2.34. The van der Waals surface area contributed by atoms with Gasteiger partial charge in [-0.05, 0) is 48.6 Å². The van der Waals surface area contributed by atoms with E-state index >= 15 is 0 Å². The Kier molecular flexibility index (Phi) is 6.88. The van der Waals surface area contributed by atoms with Gasteiger partial charge in [-0.3, -0.25) is 4.79 Å². The molecule has 3 rings (SSSR count). The van der Waals surface area contributed by atoms with Crippen molar-refractivity contribution in [1.29, 1.82) is 0 Å². The molecule has 2 aromatic carbocycles. The van der Waals surface area contributed by atoms with Crippen LogP contribution in [0.15, 0.2) is 53.7 Å². The lowest BCUT2D eigenvalue weighted by Crippen LogP contribution is -2.38. The minimum Gasteiger partial charge on any atom is -0.463 e. The standard InChI is InChI=1S/C25H27F2NO3/c1-5-31-25(30)24-16(4)28(14-17-6-11-21(26)22(27)12-17)23(29)13-20(24)19-9-7-18(8-10-19)15(2)3/h6-12,15,20H,5,13-14H2,1-4H3. The largest absolute Gasteiger partial charge is 0.463 e. The van der Waals surface area contributed by atoms with E-state index < -0.39 is 23.5 Å². The molecule has 0 aliphatic carbocycles. The van der Waals surface area contributed by atoms with Gasteiger partial charge in [-0.2, -0.15) is 0 Å². The number of hydrogen-bond acceptors (Lipinski definition) is 3. The molecule has 0 spiro atoms. The number of allylic oxidation sites excluding steroid dienone is 1. The number of halogens is 2. The van der Waals surface area contributed by atoms with Crippen molar-refractivity contribution in [3.05, 3.63) is 82.1 Å². The number of amides is 1. The smallest absolute Gasteiger partial charge is 0.336 e. The fourth-order valence-corrected chi connectivity index (χ4v) is 3.90. The van der Waals surface area contributed by atoms with Gasteiger partial charge >= 0.3 is 5.97 Å². The maximum atomic E-state index is 13.6. The van der Waals surface area contributed by atoms with Gasteiger partial charge in [0.05, 0.1) is 18.7 Å². The molecule has 0 radical (unpaired) electrons. The SMILES string of the molecule is CCOC(=O)C1=C(C)N(Cc2ccc(F)c(F)c2)C(=O)CC1c1ccc(C(C)C)cc1. The minimum atomic E-state index is -0.975. The molecule has 31 heavy (non-hydrogen) atoms. The van der Waals surface area contributed by atoms with Crippen molar-refractivity contribution < 1.29 is 23.1 Å². The fourth-order valence-electron chi connectivity index (χ4n) is 3.90. The van der Waals surface area contributed by atoms with Crippen LogP contribution < -0.4 is 0 Å². The number of rotatable bonds is 6. The Bertz CT molecular complexity index is 1010. The van der Waals surface area contributed by atoms with E-state index in [0.717, 1.165) is 17.7 Å². The Hall–Kier alpha value is -3.02. The van der Waals surface area contributed by atoms with Crippen LogP contribution in [0, 0.1) is 11.6 Å². The molecule has 0 fully saturated rings. The molecule has 0 N–H and O–H groups in total. The molecule has 0 saturated carbocycles. The Morgan fingerprint density at radius 1 is 1.13 bits per heavy atom. The van der Waals surface area contributed by atoms with Crippen molar-refractivity contribution in [2.75, 3.05) is 6.61 Å². The summed E-state index contributed by atoms with van der Waals surface area (Å²) in [6, 6.07) is 11.4. The molecular formula is C25H27F2NO3. The van der Waals surface area contributed by atoms with Crippen molar-refractivity contribution in [2.24, 2.45) is 0 Å². The number of nitrogens with zero attached hydrogens (tertiary/aromatic N) is 1. The highest BCUT2D eigenvalue weighted by Crippen LogP contribution is 2.38. The van der Waals surface area contributed by atoms with Gasteiger partial charge in [0.2, 0.25) is 5.91 Å². The topological polar surface area (TPSA) is 46.6 Å². The first kappa shape index (κ1) is 22.7. The highest BCUT2D eigenvalue weighted by atomic mass is 19.2. The summed E-state index contributed by atoms with van der Waals surface area (Å²) in [4.78, 5) is 27.3. The highest BCUT2D eigenvalue weighted by Gasteiger charge is 2.37. The summed E-state index contributed by atoms with van der Waals surface area (Å²) in [6.07, 6.45) is 0.0934. The van der Waals surface area contributed by atoms with Crippen molar-refractivity contribution in [3.8, 4) is 0 Å². The van der Waals surface area contributed by atoms with Gasteiger partial charge in [-0.25, -0.2) is 13.6 Å². The first-order valence-electron chi connectivity index (χ1n) is 10.4. The summed E-state index contributed by atoms with van der Waals surface area (Å²) in [5.41, 5.74) is 3.37. The second-order valence-electron chi connectivity index (χ2n) is 8.03. The van der Waals surface area contributed by atoms with Crippen LogP contribution in [0.2, 0.25) is 0 Å². The molecule has 1 aliphatic rings. The maximum Gasteiger partial charge on any atom is 0.336 e. The molecule has 1 atom stereocenters. The summed E-state index contributed by atoms with van der Waals surface area (Å²) < 4.78 is 32.2. The summed E-state index contributed by atoms with van der Waals surface area (Å²) in [7, 11) is 0. The van der Waals surface area contributed by atoms with E-state index in [-0.39, 0.29) is 25.5 Å². The van der Waals surface area contributed by atoms with Gasteiger partial charge in [0, 0.05) is 18.0 Å². The zero-order valence-electron chi connectivity index (χ0n) is 18.2. The molecule has 4 nitrogen and oxygen atoms in total. The van der Waals surface area contributed by atoms with Gasteiger partial charge in [0.25, 0.3) is 0 Å². The minimum absolute atomic E-state index is 0.0454.